The average Bonchev–Trinajstić information content (AvgIpc) is 3.21. The van der Waals surface area contributed by atoms with Gasteiger partial charge < -0.3 is 42.6 Å². The number of carboxylic acid groups (broad SMARTS) is 2. The minimum atomic E-state index is -1.59. The number of carbonyl (C=O) groups excluding carboxylic acids is 4. The number of carbonyl (C=O) groups is 6. The van der Waals surface area contributed by atoms with Gasteiger partial charge >= 0.3 is 11.9 Å². The second-order valence-corrected chi connectivity index (χ2v) is 8.01. The molecule has 2 rings (SSSR count). The molecule has 0 fully saturated rings. The van der Waals surface area contributed by atoms with Crippen LogP contribution in [0.15, 0.2) is 30.5 Å². The van der Waals surface area contributed by atoms with Gasteiger partial charge in [0.25, 0.3) is 0 Å². The van der Waals surface area contributed by atoms with Gasteiger partial charge in [-0.05, 0) is 24.5 Å². The number of amides is 4. The Kier molecular flexibility index (Phi) is 9.92. The number of nitrogens with one attached hydrogen (secondary N) is 4. The van der Waals surface area contributed by atoms with E-state index < -0.39 is 73.1 Å². The second-order valence-electron chi connectivity index (χ2n) is 8.01. The van der Waals surface area contributed by atoms with Crippen LogP contribution in [0.25, 0.3) is 10.9 Å². The summed E-state index contributed by atoms with van der Waals surface area (Å²) >= 11 is 0. The molecule has 4 amide bonds. The number of carboxylic acids is 2. The number of hydrogen-bond donors (Lipinski definition) is 8. The van der Waals surface area contributed by atoms with Crippen molar-refractivity contribution in [3.05, 3.63) is 36.0 Å². The molecule has 0 spiro atoms. The first-order valence-corrected chi connectivity index (χ1v) is 10.9. The highest BCUT2D eigenvalue weighted by atomic mass is 16.4. The van der Waals surface area contributed by atoms with Gasteiger partial charge in [-0.1, -0.05) is 18.2 Å². The van der Waals surface area contributed by atoms with Crippen molar-refractivity contribution >= 4 is 46.5 Å². The predicted octanol–water partition coefficient (Wildman–Crippen LogP) is -2.05. The zero-order valence-electron chi connectivity index (χ0n) is 19.2. The van der Waals surface area contributed by atoms with Crippen LogP contribution in [0.3, 0.4) is 0 Å². The normalized spacial score (nSPS) is 13.2. The van der Waals surface area contributed by atoms with Gasteiger partial charge in [0.15, 0.2) is 0 Å². The molecule has 0 bridgehead atoms. The van der Waals surface area contributed by atoms with E-state index in [-0.39, 0.29) is 12.8 Å². The first-order valence-electron chi connectivity index (χ1n) is 10.9. The van der Waals surface area contributed by atoms with Crippen LogP contribution in [-0.2, 0) is 35.2 Å². The third-order valence-electron chi connectivity index (χ3n) is 5.19. The lowest BCUT2D eigenvalue weighted by molar-refractivity contribution is -0.143. The van der Waals surface area contributed by atoms with Gasteiger partial charge in [0.1, 0.15) is 12.1 Å². The van der Waals surface area contributed by atoms with E-state index >= 15 is 0 Å². The summed E-state index contributed by atoms with van der Waals surface area (Å²) in [6.07, 6.45) is 0.464. The number of fused-ring (bicyclic) bond motifs is 1. The Labute approximate surface area is 204 Å². The molecule has 0 aliphatic rings. The molecule has 10 N–H and O–H groups in total. The minimum absolute atomic E-state index is 0.141. The fourth-order valence-electron chi connectivity index (χ4n) is 3.38. The molecule has 1 aromatic heterocycles. The standard InChI is InChI=1S/C22H28N6O8/c23-13(7-11-9-25-14-4-2-1-3-12(11)14)20(33)28-15(5-6-19(31)32)21(34)26-10-18(30)27-16(22(35)36)8-17(24)29/h1-4,9,13,15-16,25H,5-8,10,23H2,(H2,24,29)(H,26,34)(H,27,30)(H,28,33)(H,31,32)(H,35,36). The molecular weight excluding hydrogens is 476 g/mol. The highest BCUT2D eigenvalue weighted by Gasteiger charge is 2.26. The third kappa shape index (κ3) is 8.39. The van der Waals surface area contributed by atoms with Gasteiger partial charge in [0.05, 0.1) is 19.0 Å². The summed E-state index contributed by atoms with van der Waals surface area (Å²) < 4.78 is 0. The minimum Gasteiger partial charge on any atom is -0.481 e. The highest BCUT2D eigenvalue weighted by molar-refractivity contribution is 5.94. The lowest BCUT2D eigenvalue weighted by Gasteiger charge is -2.20. The number of hydrogen-bond acceptors (Lipinski definition) is 7. The quantitative estimate of drug-likeness (QED) is 0.141. The van der Waals surface area contributed by atoms with Crippen molar-refractivity contribution in [1.29, 1.82) is 0 Å². The van der Waals surface area contributed by atoms with Gasteiger partial charge in [-0.3, -0.25) is 24.0 Å². The molecule has 2 aromatic rings. The molecule has 3 unspecified atom stereocenters. The zero-order chi connectivity index (χ0) is 26.8. The highest BCUT2D eigenvalue weighted by Crippen LogP contribution is 2.18. The number of rotatable bonds is 14. The molecule has 0 aliphatic carbocycles. The molecule has 1 aromatic carbocycles. The van der Waals surface area contributed by atoms with Crippen LogP contribution in [0.2, 0.25) is 0 Å². The molecule has 0 radical (unpaired) electrons. The number of H-pyrrole nitrogens is 1. The zero-order valence-corrected chi connectivity index (χ0v) is 19.2. The van der Waals surface area contributed by atoms with E-state index in [1.165, 1.54) is 0 Å². The van der Waals surface area contributed by atoms with E-state index in [9.17, 15) is 28.8 Å². The molecule has 3 atom stereocenters. The van der Waals surface area contributed by atoms with Gasteiger partial charge in [-0.2, -0.15) is 0 Å². The summed E-state index contributed by atoms with van der Waals surface area (Å²) in [6, 6.07) is 3.43. The first-order chi connectivity index (χ1) is 17.0. The molecule has 0 aliphatic heterocycles. The Morgan fingerprint density at radius 1 is 0.972 bits per heavy atom. The molecule has 1 heterocycles. The summed E-state index contributed by atoms with van der Waals surface area (Å²) in [6.45, 7) is -0.692. The van der Waals surface area contributed by atoms with Gasteiger partial charge in [0.2, 0.25) is 23.6 Å². The summed E-state index contributed by atoms with van der Waals surface area (Å²) in [5, 5.41) is 25.5. The van der Waals surface area contributed by atoms with Crippen molar-refractivity contribution < 1.29 is 39.0 Å². The Morgan fingerprint density at radius 2 is 1.67 bits per heavy atom. The molecule has 14 nitrogen and oxygen atoms in total. The van der Waals surface area contributed by atoms with Crippen molar-refractivity contribution in [2.24, 2.45) is 11.5 Å². The number of nitrogens with two attached hydrogens (primary N) is 2. The van der Waals surface area contributed by atoms with Crippen LogP contribution in [0, 0.1) is 0 Å². The van der Waals surface area contributed by atoms with Crippen molar-refractivity contribution in [3.8, 4) is 0 Å². The van der Waals surface area contributed by atoms with E-state index in [1.807, 2.05) is 29.6 Å². The van der Waals surface area contributed by atoms with Gasteiger partial charge in [-0.15, -0.1) is 0 Å². The summed E-state index contributed by atoms with van der Waals surface area (Å²) in [5.74, 6) is -6.17. The van der Waals surface area contributed by atoms with Crippen LogP contribution in [0.5, 0.6) is 0 Å². The summed E-state index contributed by atoms with van der Waals surface area (Å²) in [4.78, 5) is 73.3. The molecule has 194 valence electrons. The van der Waals surface area contributed by atoms with Crippen molar-refractivity contribution in [2.45, 2.75) is 43.8 Å². The number of aromatic nitrogens is 1. The van der Waals surface area contributed by atoms with Crippen molar-refractivity contribution in [2.75, 3.05) is 6.54 Å². The Morgan fingerprint density at radius 3 is 2.31 bits per heavy atom. The van der Waals surface area contributed by atoms with Crippen molar-refractivity contribution in [3.63, 3.8) is 0 Å². The number of aliphatic carboxylic acids is 2. The topological polar surface area (TPSA) is 247 Å². The van der Waals surface area contributed by atoms with Crippen LogP contribution >= 0.6 is 0 Å². The lowest BCUT2D eigenvalue weighted by Crippen LogP contribution is -2.54. The molecule has 14 heteroatoms. The Hall–Kier alpha value is -4.46. The number of aromatic amines is 1. The second kappa shape index (κ2) is 12.9. The first kappa shape index (κ1) is 27.8. The lowest BCUT2D eigenvalue weighted by atomic mass is 10.0. The van der Waals surface area contributed by atoms with E-state index in [4.69, 9.17) is 21.7 Å². The average molecular weight is 505 g/mol. The monoisotopic (exact) mass is 504 g/mol. The molecule has 0 saturated heterocycles. The fraction of sp³-hybridized carbons (Fsp3) is 0.364. The fourth-order valence-corrected chi connectivity index (χ4v) is 3.38. The SMILES string of the molecule is NC(=O)CC(NC(=O)CNC(=O)C(CCC(=O)O)NC(=O)C(N)Cc1c[nH]c2ccccc12)C(=O)O. The van der Waals surface area contributed by atoms with Crippen LogP contribution < -0.4 is 27.4 Å². The van der Waals surface area contributed by atoms with E-state index in [0.717, 1.165) is 16.5 Å². The number of benzene rings is 1. The van der Waals surface area contributed by atoms with E-state index in [0.29, 0.717) is 0 Å². The van der Waals surface area contributed by atoms with Crippen LogP contribution in [-0.4, -0.2) is 75.4 Å². The van der Waals surface area contributed by atoms with Crippen LogP contribution in [0.1, 0.15) is 24.8 Å². The maximum atomic E-state index is 12.7. The number of para-hydroxylation sites is 1. The summed E-state index contributed by atoms with van der Waals surface area (Å²) in [7, 11) is 0. The Balaban J connectivity index is 1.98. The predicted molar refractivity (Wildman–Crippen MR) is 125 cm³/mol. The number of primary amides is 1. The molecular formula is C22H28N6O8. The largest absolute Gasteiger partial charge is 0.481 e. The molecule has 36 heavy (non-hydrogen) atoms. The summed E-state index contributed by atoms with van der Waals surface area (Å²) in [5.41, 5.74) is 12.6. The maximum absolute atomic E-state index is 12.7. The van der Waals surface area contributed by atoms with Crippen LogP contribution in [0.4, 0.5) is 0 Å². The maximum Gasteiger partial charge on any atom is 0.326 e. The van der Waals surface area contributed by atoms with Gasteiger partial charge in [-0.25, -0.2) is 4.79 Å². The van der Waals surface area contributed by atoms with Crippen molar-refractivity contribution in [1.82, 2.24) is 20.9 Å². The third-order valence-corrected chi connectivity index (χ3v) is 5.19. The van der Waals surface area contributed by atoms with E-state index in [2.05, 4.69) is 15.6 Å². The smallest absolute Gasteiger partial charge is 0.326 e. The Bertz CT molecular complexity index is 1150. The van der Waals surface area contributed by atoms with E-state index in [1.54, 1.807) is 6.20 Å². The molecule has 0 saturated carbocycles. The van der Waals surface area contributed by atoms with Gasteiger partial charge in [0, 0.05) is 23.5 Å².